The fourth-order valence-electron chi connectivity index (χ4n) is 4.85. The molecule has 1 aliphatic carbocycles. The van der Waals surface area contributed by atoms with E-state index in [1.807, 2.05) is 13.0 Å². The van der Waals surface area contributed by atoms with Gasteiger partial charge in [-0.25, -0.2) is 13.2 Å². The number of unbranched alkanes of at least 4 members (excludes halogenated alkanes) is 1. The first-order valence-corrected chi connectivity index (χ1v) is 11.8. The first-order valence-electron chi connectivity index (χ1n) is 11.8. The number of halogens is 3. The molecule has 0 amide bonds. The van der Waals surface area contributed by atoms with E-state index >= 15 is 0 Å². The highest BCUT2D eigenvalue weighted by Crippen LogP contribution is 2.38. The predicted octanol–water partition coefficient (Wildman–Crippen LogP) is 8.31. The molecule has 0 radical (unpaired) electrons. The van der Waals surface area contributed by atoms with Crippen LogP contribution in [0.15, 0.2) is 30.3 Å². The van der Waals surface area contributed by atoms with Crippen molar-refractivity contribution in [2.24, 2.45) is 5.92 Å². The molecule has 164 valence electrons. The highest BCUT2D eigenvalue weighted by Gasteiger charge is 2.23. The van der Waals surface area contributed by atoms with Crippen molar-refractivity contribution in [3.63, 3.8) is 0 Å². The molecule has 0 spiro atoms. The lowest BCUT2D eigenvalue weighted by Gasteiger charge is -2.29. The van der Waals surface area contributed by atoms with Gasteiger partial charge >= 0.3 is 0 Å². The molecule has 1 saturated carbocycles. The summed E-state index contributed by atoms with van der Waals surface area (Å²) in [5.74, 6) is -0.306. The molecule has 3 rings (SSSR count). The quantitative estimate of drug-likeness (QED) is 0.385. The van der Waals surface area contributed by atoms with Crippen LogP contribution >= 0.6 is 0 Å². The SMILES string of the molecule is CCCCc1ccc(C2CCC(CCCc3ccc(CC)c(F)c3F)CC2)cc1F. The average Bonchev–Trinajstić information content (AvgIpc) is 2.76. The molecular formula is C27H35F3. The Labute approximate surface area is 179 Å². The van der Waals surface area contributed by atoms with Gasteiger partial charge in [0.15, 0.2) is 11.6 Å². The van der Waals surface area contributed by atoms with Gasteiger partial charge in [0.05, 0.1) is 0 Å². The maximum Gasteiger partial charge on any atom is 0.162 e. The van der Waals surface area contributed by atoms with Crippen molar-refractivity contribution in [1.82, 2.24) is 0 Å². The van der Waals surface area contributed by atoms with Crippen LogP contribution in [-0.2, 0) is 19.3 Å². The molecule has 2 aromatic carbocycles. The van der Waals surface area contributed by atoms with Gasteiger partial charge in [-0.2, -0.15) is 0 Å². The Morgan fingerprint density at radius 2 is 1.40 bits per heavy atom. The standard InChI is InChI=1S/C27H35F3/c1-3-5-8-22-15-17-24(18-25(22)28)21-12-10-19(11-13-21)7-6-9-23-16-14-20(4-2)26(29)27(23)30/h14-19,21H,3-13H2,1-2H3. The molecule has 0 nitrogen and oxygen atoms in total. The fraction of sp³-hybridized carbons (Fsp3) is 0.556. The fourth-order valence-corrected chi connectivity index (χ4v) is 4.85. The lowest BCUT2D eigenvalue weighted by atomic mass is 9.77. The van der Waals surface area contributed by atoms with Gasteiger partial charge in [0.25, 0.3) is 0 Å². The Kier molecular flexibility index (Phi) is 8.41. The third-order valence-corrected chi connectivity index (χ3v) is 6.88. The Morgan fingerprint density at radius 1 is 0.767 bits per heavy atom. The molecule has 0 unspecified atom stereocenters. The number of hydrogen-bond donors (Lipinski definition) is 0. The summed E-state index contributed by atoms with van der Waals surface area (Å²) in [4.78, 5) is 0. The summed E-state index contributed by atoms with van der Waals surface area (Å²) >= 11 is 0. The third-order valence-electron chi connectivity index (χ3n) is 6.88. The third kappa shape index (κ3) is 5.68. The summed E-state index contributed by atoms with van der Waals surface area (Å²) in [6.45, 7) is 3.96. The normalized spacial score (nSPS) is 19.2. The van der Waals surface area contributed by atoms with Crippen LogP contribution in [0.5, 0.6) is 0 Å². The summed E-state index contributed by atoms with van der Waals surface area (Å²) in [5, 5.41) is 0. The summed E-state index contributed by atoms with van der Waals surface area (Å²) in [6, 6.07) is 9.31. The van der Waals surface area contributed by atoms with Crippen LogP contribution in [0.3, 0.4) is 0 Å². The molecule has 30 heavy (non-hydrogen) atoms. The Balaban J connectivity index is 1.46. The highest BCUT2D eigenvalue weighted by atomic mass is 19.2. The second-order valence-electron chi connectivity index (χ2n) is 8.93. The number of benzene rings is 2. The van der Waals surface area contributed by atoms with Crippen LogP contribution in [0.1, 0.15) is 93.4 Å². The summed E-state index contributed by atoms with van der Waals surface area (Å²) < 4.78 is 42.5. The van der Waals surface area contributed by atoms with Gasteiger partial charge < -0.3 is 0 Å². The zero-order valence-corrected chi connectivity index (χ0v) is 18.5. The molecular weight excluding hydrogens is 381 g/mol. The second-order valence-corrected chi connectivity index (χ2v) is 8.93. The minimum Gasteiger partial charge on any atom is -0.207 e. The Bertz CT molecular complexity index is 819. The molecule has 0 aromatic heterocycles. The molecule has 3 heteroatoms. The van der Waals surface area contributed by atoms with Crippen LogP contribution in [0.4, 0.5) is 13.2 Å². The number of rotatable bonds is 9. The number of hydrogen-bond acceptors (Lipinski definition) is 0. The number of aryl methyl sites for hydroxylation is 3. The molecule has 0 aliphatic heterocycles. The van der Waals surface area contributed by atoms with Crippen LogP contribution in [-0.4, -0.2) is 0 Å². The van der Waals surface area contributed by atoms with E-state index in [9.17, 15) is 13.2 Å². The molecule has 0 atom stereocenters. The minimum atomic E-state index is -0.677. The van der Waals surface area contributed by atoms with Crippen molar-refractivity contribution in [3.05, 3.63) is 70.0 Å². The van der Waals surface area contributed by atoms with Gasteiger partial charge in [-0.15, -0.1) is 0 Å². The van der Waals surface area contributed by atoms with Crippen molar-refractivity contribution in [2.75, 3.05) is 0 Å². The van der Waals surface area contributed by atoms with Gasteiger partial charge in [0, 0.05) is 0 Å². The van der Waals surface area contributed by atoms with E-state index in [1.54, 1.807) is 18.2 Å². The van der Waals surface area contributed by atoms with Crippen LogP contribution in [0, 0.1) is 23.4 Å². The maximum atomic E-state index is 14.4. The predicted molar refractivity (Wildman–Crippen MR) is 118 cm³/mol. The van der Waals surface area contributed by atoms with Crippen molar-refractivity contribution in [2.45, 2.75) is 90.4 Å². The van der Waals surface area contributed by atoms with Gasteiger partial charge in [-0.05, 0) is 97.9 Å². The highest BCUT2D eigenvalue weighted by molar-refractivity contribution is 5.28. The van der Waals surface area contributed by atoms with Gasteiger partial charge in [-0.3, -0.25) is 0 Å². The molecule has 1 fully saturated rings. The molecule has 2 aromatic rings. The molecule has 0 saturated heterocycles. The van der Waals surface area contributed by atoms with E-state index in [-0.39, 0.29) is 5.82 Å². The van der Waals surface area contributed by atoms with Crippen molar-refractivity contribution >= 4 is 0 Å². The second kappa shape index (κ2) is 11.0. The first kappa shape index (κ1) is 22.9. The van der Waals surface area contributed by atoms with Gasteiger partial charge in [-0.1, -0.05) is 51.0 Å². The monoisotopic (exact) mass is 416 g/mol. The Morgan fingerprint density at radius 3 is 2.07 bits per heavy atom. The smallest absolute Gasteiger partial charge is 0.162 e. The molecule has 0 bridgehead atoms. The zero-order chi connectivity index (χ0) is 21.5. The van der Waals surface area contributed by atoms with E-state index in [0.29, 0.717) is 35.8 Å². The Hall–Kier alpha value is -1.77. The van der Waals surface area contributed by atoms with Gasteiger partial charge in [0.2, 0.25) is 0 Å². The summed E-state index contributed by atoms with van der Waals surface area (Å²) in [5.41, 5.74) is 2.92. The lowest BCUT2D eigenvalue weighted by molar-refractivity contribution is 0.304. The largest absolute Gasteiger partial charge is 0.207 e. The van der Waals surface area contributed by atoms with Crippen molar-refractivity contribution < 1.29 is 13.2 Å². The summed E-state index contributed by atoms with van der Waals surface area (Å²) in [7, 11) is 0. The maximum absolute atomic E-state index is 14.4. The molecule has 0 heterocycles. The molecule has 0 N–H and O–H groups in total. The van der Waals surface area contributed by atoms with E-state index < -0.39 is 11.6 Å². The average molecular weight is 417 g/mol. The van der Waals surface area contributed by atoms with Crippen LogP contribution < -0.4 is 0 Å². The zero-order valence-electron chi connectivity index (χ0n) is 18.5. The van der Waals surface area contributed by atoms with E-state index in [0.717, 1.165) is 68.9 Å². The van der Waals surface area contributed by atoms with E-state index in [2.05, 4.69) is 13.0 Å². The van der Waals surface area contributed by atoms with E-state index in [4.69, 9.17) is 0 Å². The minimum absolute atomic E-state index is 0.0496. The van der Waals surface area contributed by atoms with E-state index in [1.165, 1.54) is 0 Å². The van der Waals surface area contributed by atoms with Crippen LogP contribution in [0.2, 0.25) is 0 Å². The van der Waals surface area contributed by atoms with Crippen LogP contribution in [0.25, 0.3) is 0 Å². The molecule has 1 aliphatic rings. The summed E-state index contributed by atoms with van der Waals surface area (Å²) in [6.07, 6.45) is 10.4. The van der Waals surface area contributed by atoms with Crippen molar-refractivity contribution in [3.8, 4) is 0 Å². The topological polar surface area (TPSA) is 0 Å². The van der Waals surface area contributed by atoms with Gasteiger partial charge in [0.1, 0.15) is 5.82 Å². The lowest BCUT2D eigenvalue weighted by Crippen LogP contribution is -2.14. The van der Waals surface area contributed by atoms with Crippen molar-refractivity contribution in [1.29, 1.82) is 0 Å². The first-order chi connectivity index (χ1) is 14.5.